The van der Waals surface area contributed by atoms with Gasteiger partial charge in [0.15, 0.2) is 5.78 Å². The lowest BCUT2D eigenvalue weighted by Gasteiger charge is -2.34. The third kappa shape index (κ3) is 6.42. The first-order valence-electron chi connectivity index (χ1n) is 9.11. The highest BCUT2D eigenvalue weighted by molar-refractivity contribution is 6.31. The molecule has 2 unspecified atom stereocenters. The molecule has 1 heterocycles. The number of carbonyl (C=O) groups excluding carboxylic acids is 3. The number of hydrogen-bond donors (Lipinski definition) is 2. The van der Waals surface area contributed by atoms with Crippen molar-refractivity contribution in [1.29, 1.82) is 0 Å². The lowest BCUT2D eigenvalue weighted by atomic mass is 10.0. The topological polar surface area (TPSA) is 113 Å². The second-order valence-electron chi connectivity index (χ2n) is 6.61. The molecule has 2 atom stereocenters. The number of halogens is 2. The van der Waals surface area contributed by atoms with Crippen molar-refractivity contribution in [2.45, 2.75) is 44.4 Å². The molecule has 1 aliphatic rings. The molecule has 10 heteroatoms. The first kappa shape index (κ1) is 22.6. The predicted octanol–water partition coefficient (Wildman–Crippen LogP) is 2.33. The highest BCUT2D eigenvalue weighted by atomic mass is 35.5. The second-order valence-corrected chi connectivity index (χ2v) is 7.02. The van der Waals surface area contributed by atoms with E-state index in [1.54, 1.807) is 24.3 Å². The summed E-state index contributed by atoms with van der Waals surface area (Å²) in [5.41, 5.74) is 0.607. The van der Waals surface area contributed by atoms with Crippen LogP contribution in [0.2, 0.25) is 5.02 Å². The van der Waals surface area contributed by atoms with Crippen LogP contribution in [-0.2, 0) is 25.7 Å². The van der Waals surface area contributed by atoms with E-state index >= 15 is 0 Å². The number of likely N-dealkylation sites (tertiary alicyclic amines) is 1. The van der Waals surface area contributed by atoms with E-state index in [4.69, 9.17) is 21.4 Å². The van der Waals surface area contributed by atoms with Gasteiger partial charge < -0.3 is 15.2 Å². The van der Waals surface area contributed by atoms with Crippen LogP contribution >= 0.6 is 11.6 Å². The lowest BCUT2D eigenvalue weighted by Crippen LogP contribution is -2.55. The fourth-order valence-corrected chi connectivity index (χ4v) is 3.23. The van der Waals surface area contributed by atoms with Crippen LogP contribution in [0.3, 0.4) is 0 Å². The third-order valence-corrected chi connectivity index (χ3v) is 4.93. The fourth-order valence-electron chi connectivity index (χ4n) is 3.04. The minimum Gasteiger partial charge on any atom is -0.481 e. The Morgan fingerprint density at radius 2 is 2.00 bits per heavy atom. The number of nitrogens with zero attached hydrogens (tertiary/aromatic N) is 1. The van der Waals surface area contributed by atoms with E-state index in [-0.39, 0.29) is 13.2 Å². The zero-order chi connectivity index (χ0) is 21.4. The lowest BCUT2D eigenvalue weighted by molar-refractivity contribution is -0.140. The fraction of sp³-hybridized carbons (Fsp3) is 0.474. The highest BCUT2D eigenvalue weighted by Gasteiger charge is 2.35. The van der Waals surface area contributed by atoms with Crippen LogP contribution in [0.4, 0.5) is 9.18 Å². The number of alkyl halides is 1. The molecule has 2 rings (SSSR count). The minimum atomic E-state index is -1.49. The summed E-state index contributed by atoms with van der Waals surface area (Å²) in [6.07, 6.45) is 0.172. The third-order valence-electron chi connectivity index (χ3n) is 4.56. The van der Waals surface area contributed by atoms with Gasteiger partial charge >= 0.3 is 12.1 Å². The zero-order valence-corrected chi connectivity index (χ0v) is 16.4. The van der Waals surface area contributed by atoms with E-state index in [1.807, 2.05) is 0 Å². The Hall–Kier alpha value is -2.68. The van der Waals surface area contributed by atoms with E-state index in [9.17, 15) is 23.6 Å². The number of aliphatic carboxylic acids is 1. The van der Waals surface area contributed by atoms with Crippen molar-refractivity contribution in [2.75, 3.05) is 13.2 Å². The van der Waals surface area contributed by atoms with E-state index in [2.05, 4.69) is 5.32 Å². The van der Waals surface area contributed by atoms with E-state index < -0.39 is 48.9 Å². The molecule has 0 radical (unpaired) electrons. The highest BCUT2D eigenvalue weighted by Crippen LogP contribution is 2.21. The number of nitrogens with one attached hydrogen (secondary N) is 1. The van der Waals surface area contributed by atoms with Gasteiger partial charge in [-0.2, -0.15) is 0 Å². The van der Waals surface area contributed by atoms with Crippen molar-refractivity contribution in [3.8, 4) is 0 Å². The number of carboxylic acid groups (broad SMARTS) is 1. The summed E-state index contributed by atoms with van der Waals surface area (Å²) in [4.78, 5) is 48.8. The van der Waals surface area contributed by atoms with Gasteiger partial charge in [0, 0.05) is 17.1 Å². The zero-order valence-electron chi connectivity index (χ0n) is 15.6. The Kier molecular flexibility index (Phi) is 8.38. The molecular weight excluding hydrogens is 407 g/mol. The summed E-state index contributed by atoms with van der Waals surface area (Å²) < 4.78 is 18.0. The summed E-state index contributed by atoms with van der Waals surface area (Å²) in [7, 11) is 0. The van der Waals surface area contributed by atoms with Gasteiger partial charge in [-0.15, -0.1) is 0 Å². The molecular formula is C19H22ClFN2O6. The van der Waals surface area contributed by atoms with Crippen molar-refractivity contribution in [3.05, 3.63) is 34.9 Å². The molecule has 0 spiro atoms. The van der Waals surface area contributed by atoms with E-state index in [0.29, 0.717) is 29.8 Å². The van der Waals surface area contributed by atoms with Gasteiger partial charge in [0.2, 0.25) is 5.91 Å². The van der Waals surface area contributed by atoms with Gasteiger partial charge in [-0.1, -0.05) is 29.8 Å². The predicted molar refractivity (Wildman–Crippen MR) is 101 cm³/mol. The standard InChI is InChI=1S/C19H22ClFN2O6/c20-13-6-2-1-5-12(13)11-29-19(28)23-8-4-3-7-15(23)18(27)22-14(9-17(25)26)16(24)10-21/h1-2,5-6,14-15H,3-4,7-11H2,(H,22,27)(H,25,26). The largest absolute Gasteiger partial charge is 0.481 e. The monoisotopic (exact) mass is 428 g/mol. The molecule has 158 valence electrons. The van der Waals surface area contributed by atoms with Crippen molar-refractivity contribution >= 4 is 35.4 Å². The van der Waals surface area contributed by atoms with Crippen LogP contribution < -0.4 is 5.32 Å². The molecule has 2 N–H and O–H groups in total. The van der Waals surface area contributed by atoms with Crippen LogP contribution in [-0.4, -0.2) is 59.1 Å². The summed E-state index contributed by atoms with van der Waals surface area (Å²) in [6.45, 7) is -1.21. The maximum absolute atomic E-state index is 12.7. The van der Waals surface area contributed by atoms with Crippen LogP contribution in [0, 0.1) is 0 Å². The van der Waals surface area contributed by atoms with Crippen molar-refractivity contribution < 1.29 is 33.4 Å². The number of carbonyl (C=O) groups is 4. The molecule has 1 saturated heterocycles. The summed E-state index contributed by atoms with van der Waals surface area (Å²) >= 11 is 6.04. The normalized spacial score (nSPS) is 17.3. The van der Waals surface area contributed by atoms with Crippen molar-refractivity contribution in [1.82, 2.24) is 10.2 Å². The number of hydrogen-bond acceptors (Lipinski definition) is 5. The van der Waals surface area contributed by atoms with Crippen molar-refractivity contribution in [3.63, 3.8) is 0 Å². The van der Waals surface area contributed by atoms with Crippen LogP contribution in [0.1, 0.15) is 31.2 Å². The molecule has 0 aliphatic carbocycles. The van der Waals surface area contributed by atoms with Gasteiger partial charge in [-0.3, -0.25) is 19.3 Å². The molecule has 0 saturated carbocycles. The Morgan fingerprint density at radius 3 is 2.66 bits per heavy atom. The Labute approximate surface area is 172 Å². The number of piperidine rings is 1. The number of ether oxygens (including phenoxy) is 1. The van der Waals surface area contributed by atoms with Gasteiger partial charge in [-0.05, 0) is 25.3 Å². The van der Waals surface area contributed by atoms with Gasteiger partial charge in [-0.25, -0.2) is 9.18 Å². The van der Waals surface area contributed by atoms with Gasteiger partial charge in [0.25, 0.3) is 0 Å². The van der Waals surface area contributed by atoms with E-state index in [0.717, 1.165) is 0 Å². The maximum atomic E-state index is 12.7. The van der Waals surface area contributed by atoms with Crippen LogP contribution in [0.15, 0.2) is 24.3 Å². The number of carboxylic acids is 1. The van der Waals surface area contributed by atoms with E-state index in [1.165, 1.54) is 4.90 Å². The number of benzene rings is 1. The summed E-state index contributed by atoms with van der Waals surface area (Å²) in [6, 6.07) is 4.42. The SMILES string of the molecule is O=C(O)CC(NC(=O)C1CCCCN1C(=O)OCc1ccccc1Cl)C(=O)CF. The Bertz CT molecular complexity index is 775. The Balaban J connectivity index is 2.04. The average molecular weight is 429 g/mol. The first-order chi connectivity index (χ1) is 13.8. The number of rotatable bonds is 8. The molecule has 1 aromatic carbocycles. The van der Waals surface area contributed by atoms with Crippen LogP contribution in [0.25, 0.3) is 0 Å². The molecule has 1 aromatic rings. The number of ketones is 1. The number of amides is 2. The van der Waals surface area contributed by atoms with Gasteiger partial charge in [0.1, 0.15) is 25.4 Å². The average Bonchev–Trinajstić information content (AvgIpc) is 2.71. The smallest absolute Gasteiger partial charge is 0.410 e. The molecule has 29 heavy (non-hydrogen) atoms. The summed E-state index contributed by atoms with van der Waals surface area (Å²) in [5.74, 6) is -3.10. The molecule has 1 aliphatic heterocycles. The molecule has 0 aromatic heterocycles. The molecule has 2 amide bonds. The second kappa shape index (κ2) is 10.8. The molecule has 8 nitrogen and oxygen atoms in total. The number of Topliss-reactive ketones (excluding diaryl/α,β-unsaturated/α-hetero) is 1. The minimum absolute atomic E-state index is 0.0781. The maximum Gasteiger partial charge on any atom is 0.410 e. The molecule has 1 fully saturated rings. The summed E-state index contributed by atoms with van der Waals surface area (Å²) in [5, 5.41) is 11.6. The van der Waals surface area contributed by atoms with Crippen molar-refractivity contribution in [2.24, 2.45) is 0 Å². The molecule has 0 bridgehead atoms. The van der Waals surface area contributed by atoms with Gasteiger partial charge in [0.05, 0.1) is 6.42 Å². The quantitative estimate of drug-likeness (QED) is 0.657. The first-order valence-corrected chi connectivity index (χ1v) is 9.49. The van der Waals surface area contributed by atoms with Crippen LogP contribution in [0.5, 0.6) is 0 Å². The Morgan fingerprint density at radius 1 is 1.28 bits per heavy atom.